The summed E-state index contributed by atoms with van der Waals surface area (Å²) in [4.78, 5) is 30.1. The minimum atomic E-state index is -0.0272. The molecule has 0 saturated heterocycles. The number of hydrogen-bond donors (Lipinski definition) is 2. The third-order valence-corrected chi connectivity index (χ3v) is 8.55. The summed E-state index contributed by atoms with van der Waals surface area (Å²) in [5, 5.41) is 8.72. The first-order valence-electron chi connectivity index (χ1n) is 13.2. The van der Waals surface area contributed by atoms with Crippen LogP contribution in [0.3, 0.4) is 0 Å². The molecule has 4 aromatic rings. The fraction of sp³-hybridized carbons (Fsp3) is 0.379. The zero-order valence-electron chi connectivity index (χ0n) is 22.0. The number of carbonyl (C=O) groups is 1. The highest BCUT2D eigenvalue weighted by Crippen LogP contribution is 2.34. The molecule has 2 aromatic heterocycles. The fourth-order valence-corrected chi connectivity index (χ4v) is 6.30. The van der Waals surface area contributed by atoms with E-state index in [4.69, 9.17) is 19.7 Å². The number of nitrogens with one attached hydrogen (secondary N) is 2. The topological polar surface area (TPSA) is 92.3 Å². The Hall–Kier alpha value is -3.72. The van der Waals surface area contributed by atoms with Crippen molar-refractivity contribution in [2.24, 2.45) is 0 Å². The van der Waals surface area contributed by atoms with E-state index in [1.54, 1.807) is 0 Å². The van der Waals surface area contributed by atoms with Gasteiger partial charge in [-0.3, -0.25) is 4.79 Å². The number of hydrogen-bond acceptors (Lipinski definition) is 8. The number of fused-ring (bicyclic) bond motifs is 2. The van der Waals surface area contributed by atoms with Crippen LogP contribution < -0.4 is 20.3 Å². The summed E-state index contributed by atoms with van der Waals surface area (Å²) in [6.07, 6.45) is 4.63. The van der Waals surface area contributed by atoms with Gasteiger partial charge in [-0.1, -0.05) is 12.1 Å². The zero-order chi connectivity index (χ0) is 26.2. The standard InChI is InChI=1S/C29H32N6O2S/c1-17-25(38-28(30-17)19-8-13-24-18(16-19)14-15-37-24)27(36)31-20-9-11-21(12-10-20)32-29-33-23-7-5-4-6-22(23)26(34-29)35(2)3/h4-8,13,16,20-21H,9-12,14-15H2,1-3H3,(H,31,36)(H,32,33,34). The number of para-hydroxylation sites is 1. The molecule has 0 radical (unpaired) electrons. The summed E-state index contributed by atoms with van der Waals surface area (Å²) in [5.74, 6) is 2.49. The van der Waals surface area contributed by atoms with Gasteiger partial charge >= 0.3 is 0 Å². The van der Waals surface area contributed by atoms with Crippen LogP contribution in [0.2, 0.25) is 0 Å². The van der Waals surface area contributed by atoms with Gasteiger partial charge in [0, 0.05) is 43.5 Å². The number of ether oxygens (including phenoxy) is 1. The molecule has 0 atom stereocenters. The van der Waals surface area contributed by atoms with E-state index in [9.17, 15) is 4.79 Å². The SMILES string of the molecule is Cc1nc(-c2ccc3c(c2)CCO3)sc1C(=O)NC1CCC(Nc2nc(N(C)C)c3ccccc3n2)CC1. The number of thiazole rings is 1. The van der Waals surface area contributed by atoms with Crippen molar-refractivity contribution in [3.63, 3.8) is 0 Å². The van der Waals surface area contributed by atoms with Gasteiger partial charge in [0.25, 0.3) is 5.91 Å². The zero-order valence-corrected chi connectivity index (χ0v) is 22.8. The minimum Gasteiger partial charge on any atom is -0.493 e. The molecule has 0 bridgehead atoms. The number of nitrogens with zero attached hydrogens (tertiary/aromatic N) is 4. The Balaban J connectivity index is 1.08. The van der Waals surface area contributed by atoms with E-state index in [1.165, 1.54) is 16.9 Å². The van der Waals surface area contributed by atoms with E-state index in [0.717, 1.165) is 77.4 Å². The molecule has 1 fully saturated rings. The van der Waals surface area contributed by atoms with Crippen LogP contribution in [-0.2, 0) is 6.42 Å². The number of rotatable bonds is 6. The number of aryl methyl sites for hydroxylation is 1. The van der Waals surface area contributed by atoms with Gasteiger partial charge in [0.1, 0.15) is 21.5 Å². The van der Waals surface area contributed by atoms with Crippen LogP contribution in [0.15, 0.2) is 42.5 Å². The minimum absolute atomic E-state index is 0.0272. The first kappa shape index (κ1) is 24.6. The number of aromatic nitrogens is 3. The van der Waals surface area contributed by atoms with Gasteiger partial charge in [0.15, 0.2) is 0 Å². The largest absolute Gasteiger partial charge is 0.493 e. The maximum atomic E-state index is 13.2. The molecular formula is C29H32N6O2S. The second-order valence-electron chi connectivity index (χ2n) is 10.3. The number of anilines is 2. The van der Waals surface area contributed by atoms with Gasteiger partial charge < -0.3 is 20.3 Å². The van der Waals surface area contributed by atoms with Crippen LogP contribution in [0.5, 0.6) is 5.75 Å². The van der Waals surface area contributed by atoms with Gasteiger partial charge in [-0.05, 0) is 68.5 Å². The molecule has 2 aliphatic rings. The molecule has 1 amide bonds. The van der Waals surface area contributed by atoms with E-state index in [1.807, 2.05) is 56.3 Å². The van der Waals surface area contributed by atoms with Gasteiger partial charge in [-0.25, -0.2) is 9.97 Å². The van der Waals surface area contributed by atoms with E-state index < -0.39 is 0 Å². The Kier molecular flexibility index (Phi) is 6.61. The molecule has 0 spiro atoms. The van der Waals surface area contributed by atoms with E-state index in [2.05, 4.69) is 22.8 Å². The first-order valence-corrected chi connectivity index (χ1v) is 14.0. The van der Waals surface area contributed by atoms with Crippen molar-refractivity contribution < 1.29 is 9.53 Å². The summed E-state index contributed by atoms with van der Waals surface area (Å²) in [6.45, 7) is 2.64. The lowest BCUT2D eigenvalue weighted by Gasteiger charge is -2.30. The lowest BCUT2D eigenvalue weighted by atomic mass is 9.91. The quantitative estimate of drug-likeness (QED) is 0.355. The van der Waals surface area contributed by atoms with Crippen molar-refractivity contribution >= 4 is 39.9 Å². The average Bonchev–Trinajstić information content (AvgIpc) is 3.55. The summed E-state index contributed by atoms with van der Waals surface area (Å²) < 4.78 is 5.62. The van der Waals surface area contributed by atoms with E-state index in [0.29, 0.717) is 10.8 Å². The van der Waals surface area contributed by atoms with Crippen LogP contribution in [0.1, 0.15) is 46.6 Å². The van der Waals surface area contributed by atoms with E-state index in [-0.39, 0.29) is 18.0 Å². The maximum Gasteiger partial charge on any atom is 0.263 e. The van der Waals surface area contributed by atoms with Gasteiger partial charge in [0.05, 0.1) is 17.8 Å². The Bertz CT molecular complexity index is 1490. The first-order chi connectivity index (χ1) is 18.4. The Labute approximate surface area is 226 Å². The monoisotopic (exact) mass is 528 g/mol. The molecule has 38 heavy (non-hydrogen) atoms. The van der Waals surface area contributed by atoms with E-state index >= 15 is 0 Å². The highest BCUT2D eigenvalue weighted by atomic mass is 32.1. The highest BCUT2D eigenvalue weighted by molar-refractivity contribution is 7.17. The summed E-state index contributed by atoms with van der Waals surface area (Å²) in [6, 6.07) is 14.7. The summed E-state index contributed by atoms with van der Waals surface area (Å²) >= 11 is 1.46. The summed E-state index contributed by atoms with van der Waals surface area (Å²) in [5.41, 5.74) is 3.96. The van der Waals surface area contributed by atoms with Gasteiger partial charge in [-0.2, -0.15) is 4.98 Å². The fourth-order valence-electron chi connectivity index (χ4n) is 5.33. The molecule has 1 saturated carbocycles. The van der Waals surface area contributed by atoms with Crippen LogP contribution in [0.25, 0.3) is 21.5 Å². The van der Waals surface area contributed by atoms with Crippen molar-refractivity contribution in [2.75, 3.05) is 30.9 Å². The van der Waals surface area contributed by atoms with Gasteiger partial charge in [-0.15, -0.1) is 11.3 Å². The highest BCUT2D eigenvalue weighted by Gasteiger charge is 2.26. The average molecular weight is 529 g/mol. The maximum absolute atomic E-state index is 13.2. The molecule has 9 heteroatoms. The third kappa shape index (κ3) is 4.90. The van der Waals surface area contributed by atoms with Crippen molar-refractivity contribution in [3.05, 3.63) is 58.6 Å². The van der Waals surface area contributed by atoms with Crippen molar-refractivity contribution in [1.82, 2.24) is 20.3 Å². The Morgan fingerprint density at radius 1 is 1.03 bits per heavy atom. The lowest BCUT2D eigenvalue weighted by molar-refractivity contribution is 0.0930. The molecule has 8 nitrogen and oxygen atoms in total. The predicted molar refractivity (Wildman–Crippen MR) is 152 cm³/mol. The number of amides is 1. The smallest absolute Gasteiger partial charge is 0.263 e. The molecule has 6 rings (SSSR count). The molecular weight excluding hydrogens is 496 g/mol. The second kappa shape index (κ2) is 10.2. The third-order valence-electron chi connectivity index (χ3n) is 7.34. The number of carbonyl (C=O) groups excluding carboxylic acids is 1. The molecule has 2 N–H and O–H groups in total. The number of benzene rings is 2. The van der Waals surface area contributed by atoms with Gasteiger partial charge in [0.2, 0.25) is 5.95 Å². The normalized spacial score (nSPS) is 18.6. The van der Waals surface area contributed by atoms with Crippen LogP contribution in [-0.4, -0.2) is 53.6 Å². The Morgan fingerprint density at radius 3 is 2.63 bits per heavy atom. The molecule has 1 aliphatic carbocycles. The van der Waals surface area contributed by atoms with Crippen LogP contribution >= 0.6 is 11.3 Å². The molecule has 2 aromatic carbocycles. The molecule has 1 aliphatic heterocycles. The van der Waals surface area contributed by atoms with Crippen LogP contribution in [0.4, 0.5) is 11.8 Å². The predicted octanol–water partition coefficient (Wildman–Crippen LogP) is 5.22. The van der Waals surface area contributed by atoms with Crippen LogP contribution in [0, 0.1) is 6.92 Å². The second-order valence-corrected chi connectivity index (χ2v) is 11.3. The lowest BCUT2D eigenvalue weighted by Crippen LogP contribution is -2.40. The van der Waals surface area contributed by atoms with Crippen molar-refractivity contribution in [1.29, 1.82) is 0 Å². The molecule has 3 heterocycles. The molecule has 196 valence electrons. The Morgan fingerprint density at radius 2 is 1.82 bits per heavy atom. The molecule has 0 unspecified atom stereocenters. The van der Waals surface area contributed by atoms with Crippen molar-refractivity contribution in [3.8, 4) is 16.3 Å². The van der Waals surface area contributed by atoms with Crippen molar-refractivity contribution in [2.45, 2.75) is 51.1 Å². The summed E-state index contributed by atoms with van der Waals surface area (Å²) in [7, 11) is 4.00.